The van der Waals surface area contributed by atoms with Gasteiger partial charge in [0.2, 0.25) is 0 Å². The first-order valence-electron chi connectivity index (χ1n) is 12.1. The van der Waals surface area contributed by atoms with Gasteiger partial charge in [-0.2, -0.15) is 0 Å². The van der Waals surface area contributed by atoms with Crippen LogP contribution in [0.15, 0.2) is 66.8 Å². The highest BCUT2D eigenvalue weighted by Gasteiger charge is 2.38. The zero-order valence-corrected chi connectivity index (χ0v) is 22.0. The number of rotatable bonds is 13. The number of amides is 1. The van der Waals surface area contributed by atoms with Gasteiger partial charge in [0.15, 0.2) is 12.1 Å². The molecular formula is C28H39NO8. The van der Waals surface area contributed by atoms with Crippen LogP contribution in [0.25, 0.3) is 0 Å². The van der Waals surface area contributed by atoms with Crippen LogP contribution in [0.5, 0.6) is 0 Å². The van der Waals surface area contributed by atoms with E-state index in [-0.39, 0.29) is 46.2 Å². The summed E-state index contributed by atoms with van der Waals surface area (Å²) in [5.74, 6) is -0.704. The van der Waals surface area contributed by atoms with Crippen LogP contribution in [-0.2, 0) is 39.8 Å². The van der Waals surface area contributed by atoms with E-state index in [9.17, 15) is 9.59 Å². The van der Waals surface area contributed by atoms with Gasteiger partial charge in [-0.25, -0.2) is 9.59 Å². The molecule has 4 atom stereocenters. The normalized spacial score (nSPS) is 22.1. The van der Waals surface area contributed by atoms with E-state index in [0.29, 0.717) is 0 Å². The van der Waals surface area contributed by atoms with E-state index < -0.39 is 36.4 Å². The summed E-state index contributed by atoms with van der Waals surface area (Å²) in [6, 6.07) is 8.11. The number of hydrogen-bond donors (Lipinski definition) is 1. The predicted octanol–water partition coefficient (Wildman–Crippen LogP) is 3.74. The summed E-state index contributed by atoms with van der Waals surface area (Å²) >= 11 is 0. The number of cyclic esters (lactones) is 1. The summed E-state index contributed by atoms with van der Waals surface area (Å²) in [7, 11) is 0. The Bertz CT molecular complexity index is 916. The fraction of sp³-hybridized carbons (Fsp3) is 0.500. The molecule has 9 heteroatoms. The highest BCUT2D eigenvalue weighted by molar-refractivity contribution is 5.81. The van der Waals surface area contributed by atoms with Gasteiger partial charge in [0.1, 0.15) is 18.8 Å². The molecule has 0 spiro atoms. The number of carbonyl (C=O) groups is 2. The minimum absolute atomic E-state index is 0.0254. The van der Waals surface area contributed by atoms with Crippen molar-refractivity contribution in [2.24, 2.45) is 0 Å². The second-order valence-corrected chi connectivity index (χ2v) is 9.28. The molecule has 0 aromatic heterocycles. The van der Waals surface area contributed by atoms with Crippen LogP contribution in [-0.4, -0.2) is 76.1 Å². The molecule has 2 rings (SSSR count). The van der Waals surface area contributed by atoms with E-state index in [4.69, 9.17) is 28.4 Å². The number of ether oxygens (including phenoxy) is 6. The van der Waals surface area contributed by atoms with Gasteiger partial charge in [-0.05, 0) is 26.3 Å². The molecule has 37 heavy (non-hydrogen) atoms. The molecule has 1 aliphatic heterocycles. The first-order valence-corrected chi connectivity index (χ1v) is 12.1. The molecule has 1 aromatic carbocycles. The van der Waals surface area contributed by atoms with E-state index >= 15 is 0 Å². The molecule has 0 aliphatic carbocycles. The topological polar surface area (TPSA) is 102 Å². The van der Waals surface area contributed by atoms with Crippen LogP contribution in [0.4, 0.5) is 4.79 Å². The molecule has 0 radical (unpaired) electrons. The van der Waals surface area contributed by atoms with Crippen LogP contribution >= 0.6 is 0 Å². The highest BCUT2D eigenvalue weighted by atomic mass is 16.6. The van der Waals surface area contributed by atoms with Gasteiger partial charge >= 0.3 is 12.1 Å². The first-order chi connectivity index (χ1) is 17.7. The molecule has 1 aromatic rings. The van der Waals surface area contributed by atoms with Crippen LogP contribution in [0.1, 0.15) is 26.3 Å². The smallest absolute Gasteiger partial charge is 0.408 e. The Morgan fingerprint density at radius 1 is 0.973 bits per heavy atom. The zero-order chi connectivity index (χ0) is 27.2. The van der Waals surface area contributed by atoms with E-state index in [2.05, 4.69) is 25.1 Å². The molecule has 9 nitrogen and oxygen atoms in total. The minimum Gasteiger partial charge on any atom is -0.455 e. The molecular weight excluding hydrogens is 478 g/mol. The lowest BCUT2D eigenvalue weighted by Gasteiger charge is -2.32. The second kappa shape index (κ2) is 16.0. The molecule has 0 unspecified atom stereocenters. The number of esters is 1. The van der Waals surface area contributed by atoms with Gasteiger partial charge in [0.05, 0.1) is 39.6 Å². The Kier molecular flexibility index (Phi) is 13.1. The fourth-order valence-corrected chi connectivity index (χ4v) is 3.33. The van der Waals surface area contributed by atoms with Crippen molar-refractivity contribution in [2.45, 2.75) is 51.7 Å². The molecule has 1 aliphatic rings. The Morgan fingerprint density at radius 2 is 1.62 bits per heavy atom. The van der Waals surface area contributed by atoms with Crippen LogP contribution in [0.2, 0.25) is 0 Å². The average Bonchev–Trinajstić information content (AvgIpc) is 2.89. The lowest BCUT2D eigenvalue weighted by Crippen LogP contribution is -2.49. The molecule has 1 N–H and O–H groups in total. The average molecular weight is 518 g/mol. The number of alkyl carbamates (subject to hydrolysis) is 1. The number of nitrogens with one attached hydrogen (secondary N) is 1. The van der Waals surface area contributed by atoms with Crippen LogP contribution in [0.3, 0.4) is 0 Å². The standard InChI is InChI=1S/C28H39NO8/c1-19(2)12-32-18-25-26(35-14-21(5)6)24(34-13-20(3)4)17-33-16-23(27(30)37-25)29-28(31)36-15-22-10-8-7-9-11-22/h7-11,23-26H,1,3,5,12-18H2,2,4,6H3,(H,29,31)/t23-,24-,25+,26+/m0/s1. The van der Waals surface area contributed by atoms with Gasteiger partial charge in [0.25, 0.3) is 0 Å². The maximum Gasteiger partial charge on any atom is 0.408 e. The molecule has 1 heterocycles. The van der Waals surface area contributed by atoms with Gasteiger partial charge in [-0.3, -0.25) is 0 Å². The summed E-state index contributed by atoms with van der Waals surface area (Å²) in [5, 5.41) is 2.53. The van der Waals surface area contributed by atoms with Crippen LogP contribution in [0, 0.1) is 0 Å². The van der Waals surface area contributed by atoms with Crippen molar-refractivity contribution < 1.29 is 38.0 Å². The lowest BCUT2D eigenvalue weighted by molar-refractivity contribution is -0.175. The van der Waals surface area contributed by atoms with E-state index in [1.54, 1.807) is 0 Å². The Labute approximate surface area is 219 Å². The third-order valence-electron chi connectivity index (χ3n) is 5.05. The third-order valence-corrected chi connectivity index (χ3v) is 5.05. The monoisotopic (exact) mass is 517 g/mol. The third kappa shape index (κ3) is 11.7. The van der Waals surface area contributed by atoms with Crippen molar-refractivity contribution in [2.75, 3.05) is 39.6 Å². The number of carbonyl (C=O) groups excluding carboxylic acids is 2. The van der Waals surface area contributed by atoms with Gasteiger partial charge in [0, 0.05) is 0 Å². The van der Waals surface area contributed by atoms with Gasteiger partial charge in [-0.1, -0.05) is 66.8 Å². The summed E-state index contributed by atoms with van der Waals surface area (Å²) in [6.45, 7) is 17.9. The van der Waals surface area contributed by atoms with E-state index in [1.165, 1.54) is 0 Å². The highest BCUT2D eigenvalue weighted by Crippen LogP contribution is 2.19. The van der Waals surface area contributed by atoms with Crippen molar-refractivity contribution in [3.8, 4) is 0 Å². The zero-order valence-electron chi connectivity index (χ0n) is 22.0. The number of hydrogen-bond acceptors (Lipinski definition) is 8. The Hall–Kier alpha value is -2.98. The largest absolute Gasteiger partial charge is 0.455 e. The summed E-state index contributed by atoms with van der Waals surface area (Å²) in [5.41, 5.74) is 3.22. The molecule has 0 saturated carbocycles. The minimum atomic E-state index is -1.10. The lowest BCUT2D eigenvalue weighted by atomic mass is 10.1. The Morgan fingerprint density at radius 3 is 2.27 bits per heavy atom. The van der Waals surface area contributed by atoms with E-state index in [1.807, 2.05) is 51.1 Å². The maximum absolute atomic E-state index is 13.1. The van der Waals surface area contributed by atoms with E-state index in [0.717, 1.165) is 22.3 Å². The van der Waals surface area contributed by atoms with Gasteiger partial charge < -0.3 is 33.7 Å². The summed E-state index contributed by atoms with van der Waals surface area (Å²) < 4.78 is 34.7. The molecule has 204 valence electrons. The molecule has 1 amide bonds. The molecule has 1 saturated heterocycles. The summed E-state index contributed by atoms with van der Waals surface area (Å²) in [4.78, 5) is 25.5. The maximum atomic E-state index is 13.1. The fourth-order valence-electron chi connectivity index (χ4n) is 3.33. The molecule has 1 fully saturated rings. The SMILES string of the molecule is C=C(C)COC[C@H]1OC(=O)[C@@H](NC(=O)OCc2ccccc2)COC[C@H](OCC(=C)C)[C@H]1OCC(=C)C. The Balaban J connectivity index is 2.17. The van der Waals surface area contributed by atoms with Crippen molar-refractivity contribution in [1.82, 2.24) is 5.32 Å². The number of benzene rings is 1. The van der Waals surface area contributed by atoms with Crippen LogP contribution < -0.4 is 5.32 Å². The predicted molar refractivity (Wildman–Crippen MR) is 139 cm³/mol. The molecule has 0 bridgehead atoms. The quantitative estimate of drug-likeness (QED) is 0.312. The van der Waals surface area contributed by atoms with Crippen molar-refractivity contribution in [3.05, 3.63) is 72.4 Å². The first kappa shape index (κ1) is 30.2. The van der Waals surface area contributed by atoms with Crippen molar-refractivity contribution in [1.29, 1.82) is 0 Å². The summed E-state index contributed by atoms with van der Waals surface area (Å²) in [6.07, 6.45) is -2.96. The van der Waals surface area contributed by atoms with Gasteiger partial charge in [-0.15, -0.1) is 0 Å². The van der Waals surface area contributed by atoms with Crippen molar-refractivity contribution in [3.63, 3.8) is 0 Å². The van der Waals surface area contributed by atoms with Crippen molar-refractivity contribution >= 4 is 12.1 Å². The second-order valence-electron chi connectivity index (χ2n) is 9.28.